The van der Waals surface area contributed by atoms with Crippen molar-refractivity contribution in [1.29, 1.82) is 5.26 Å². The van der Waals surface area contributed by atoms with Crippen LogP contribution in [-0.4, -0.2) is 25.1 Å². The first kappa shape index (κ1) is 22.5. The predicted octanol–water partition coefficient (Wildman–Crippen LogP) is 5.92. The van der Waals surface area contributed by atoms with Crippen LogP contribution in [0.25, 0.3) is 11.6 Å². The van der Waals surface area contributed by atoms with Gasteiger partial charge in [0.1, 0.15) is 17.4 Å². The first-order valence-corrected chi connectivity index (χ1v) is 10.5. The second-order valence-corrected chi connectivity index (χ2v) is 8.40. The van der Waals surface area contributed by atoms with Gasteiger partial charge in [0.05, 0.1) is 12.6 Å². The summed E-state index contributed by atoms with van der Waals surface area (Å²) >= 11 is 5.89. The number of fused-ring (bicyclic) bond motifs is 1. The smallest absolute Gasteiger partial charge is 0.266 e. The zero-order valence-corrected chi connectivity index (χ0v) is 19.2. The van der Waals surface area contributed by atoms with Crippen molar-refractivity contribution >= 4 is 40.5 Å². The van der Waals surface area contributed by atoms with Gasteiger partial charge in [0.25, 0.3) is 5.91 Å². The maximum atomic E-state index is 12.7. The van der Waals surface area contributed by atoms with E-state index >= 15 is 0 Å². The molecule has 0 aromatic heterocycles. The molecule has 0 fully saturated rings. The summed E-state index contributed by atoms with van der Waals surface area (Å²) in [5.74, 6) is 0.114. The molecule has 0 bridgehead atoms. The van der Waals surface area contributed by atoms with Crippen LogP contribution in [0.3, 0.4) is 0 Å². The second kappa shape index (κ2) is 8.87. The summed E-state index contributed by atoms with van der Waals surface area (Å²) < 4.78 is 5.62. The van der Waals surface area contributed by atoms with Gasteiger partial charge in [-0.05, 0) is 69.7 Å². The molecule has 160 valence electrons. The fourth-order valence-electron chi connectivity index (χ4n) is 4.02. The zero-order valence-electron chi connectivity index (χ0n) is 18.4. The molecule has 2 aromatic carbocycles. The van der Waals surface area contributed by atoms with Crippen LogP contribution in [0.1, 0.15) is 38.8 Å². The topological polar surface area (TPSA) is 65.4 Å². The van der Waals surface area contributed by atoms with E-state index in [-0.39, 0.29) is 11.1 Å². The van der Waals surface area contributed by atoms with Gasteiger partial charge in [0.2, 0.25) is 0 Å². The van der Waals surface area contributed by atoms with Gasteiger partial charge in [0.15, 0.2) is 0 Å². The Morgan fingerprint density at radius 1 is 1.29 bits per heavy atom. The molecule has 1 amide bonds. The number of nitrogens with one attached hydrogen (secondary N) is 1. The second-order valence-electron chi connectivity index (χ2n) is 7.97. The summed E-state index contributed by atoms with van der Waals surface area (Å²) in [7, 11) is 1.59. The minimum atomic E-state index is -0.492. The average Bonchev–Trinajstić information content (AvgIpc) is 2.72. The van der Waals surface area contributed by atoms with Gasteiger partial charge in [-0.25, -0.2) is 0 Å². The van der Waals surface area contributed by atoms with Crippen molar-refractivity contribution in [3.8, 4) is 11.8 Å². The van der Waals surface area contributed by atoms with Crippen molar-refractivity contribution in [3.05, 3.63) is 64.2 Å². The van der Waals surface area contributed by atoms with Crippen molar-refractivity contribution < 1.29 is 9.53 Å². The Morgan fingerprint density at radius 2 is 1.97 bits per heavy atom. The highest BCUT2D eigenvalue weighted by Crippen LogP contribution is 2.42. The third kappa shape index (κ3) is 4.60. The van der Waals surface area contributed by atoms with E-state index in [1.807, 2.05) is 18.2 Å². The Morgan fingerprint density at radius 3 is 2.55 bits per heavy atom. The van der Waals surface area contributed by atoms with Gasteiger partial charge < -0.3 is 15.0 Å². The number of halogens is 1. The van der Waals surface area contributed by atoms with Crippen molar-refractivity contribution in [1.82, 2.24) is 0 Å². The molecule has 6 heteroatoms. The van der Waals surface area contributed by atoms with Gasteiger partial charge in [-0.2, -0.15) is 5.26 Å². The van der Waals surface area contributed by atoms with Gasteiger partial charge in [0, 0.05) is 40.1 Å². The quantitative estimate of drug-likeness (QED) is 0.468. The van der Waals surface area contributed by atoms with E-state index in [0.717, 1.165) is 23.4 Å². The molecule has 1 aliphatic heterocycles. The number of allylic oxidation sites excluding steroid dienone is 1. The molecule has 5 nitrogen and oxygen atoms in total. The molecule has 0 spiro atoms. The molecule has 1 heterocycles. The van der Waals surface area contributed by atoms with Gasteiger partial charge >= 0.3 is 0 Å². The number of carbonyl (C=O) groups is 1. The highest BCUT2D eigenvalue weighted by molar-refractivity contribution is 6.30. The number of amides is 1. The van der Waals surface area contributed by atoms with Crippen LogP contribution in [0.5, 0.6) is 5.75 Å². The number of ether oxygens (including phenoxy) is 1. The summed E-state index contributed by atoms with van der Waals surface area (Å²) in [6, 6.07) is 12.7. The molecule has 2 aromatic rings. The molecule has 31 heavy (non-hydrogen) atoms. The standard InChI is InChI=1S/C25H26ClN3O2/c1-6-29-22-13-23(31-5)17(12-21(22)16(2)14-25(29,3)4)11-18(15-27)24(30)28-20-9-7-19(26)8-10-20/h7-14H,6H2,1-5H3,(H,28,30)/b18-11+. The van der Waals surface area contributed by atoms with E-state index in [1.165, 1.54) is 0 Å². The molecule has 3 rings (SSSR count). The third-order valence-corrected chi connectivity index (χ3v) is 5.66. The summed E-state index contributed by atoms with van der Waals surface area (Å²) in [6.07, 6.45) is 3.80. The van der Waals surface area contributed by atoms with Crippen LogP contribution in [0.4, 0.5) is 11.4 Å². The normalized spacial score (nSPS) is 14.9. The predicted molar refractivity (Wildman–Crippen MR) is 127 cm³/mol. The number of methoxy groups -OCH3 is 1. The van der Waals surface area contributed by atoms with Crippen molar-refractivity contribution in [2.24, 2.45) is 0 Å². The monoisotopic (exact) mass is 435 g/mol. The van der Waals surface area contributed by atoms with Crippen molar-refractivity contribution in [3.63, 3.8) is 0 Å². The molecular weight excluding hydrogens is 410 g/mol. The molecular formula is C25H26ClN3O2. The third-order valence-electron chi connectivity index (χ3n) is 5.41. The van der Waals surface area contributed by atoms with E-state index in [0.29, 0.717) is 22.0 Å². The summed E-state index contributed by atoms with van der Waals surface area (Å²) in [4.78, 5) is 15.0. The van der Waals surface area contributed by atoms with Crippen LogP contribution < -0.4 is 15.0 Å². The molecule has 0 saturated heterocycles. The number of hydrogen-bond acceptors (Lipinski definition) is 4. The molecule has 1 aliphatic rings. The lowest BCUT2D eigenvalue weighted by atomic mass is 9.87. The largest absolute Gasteiger partial charge is 0.496 e. The number of hydrogen-bond donors (Lipinski definition) is 1. The minimum Gasteiger partial charge on any atom is -0.496 e. The van der Waals surface area contributed by atoms with Gasteiger partial charge in [-0.15, -0.1) is 0 Å². The van der Waals surface area contributed by atoms with Crippen LogP contribution in [0, 0.1) is 11.3 Å². The van der Waals surface area contributed by atoms with E-state index < -0.39 is 5.91 Å². The van der Waals surface area contributed by atoms with E-state index in [4.69, 9.17) is 16.3 Å². The highest BCUT2D eigenvalue weighted by atomic mass is 35.5. The maximum Gasteiger partial charge on any atom is 0.266 e. The Kier molecular flexibility index (Phi) is 6.42. The fourth-order valence-corrected chi connectivity index (χ4v) is 4.15. The Bertz CT molecular complexity index is 1110. The molecule has 0 atom stereocenters. The lowest BCUT2D eigenvalue weighted by Crippen LogP contribution is -2.44. The Balaban J connectivity index is 2.02. The number of carbonyl (C=O) groups excluding carboxylic acids is 1. The lowest BCUT2D eigenvalue weighted by molar-refractivity contribution is -0.112. The van der Waals surface area contributed by atoms with Crippen LogP contribution in [-0.2, 0) is 4.79 Å². The summed E-state index contributed by atoms with van der Waals surface area (Å²) in [6.45, 7) is 9.40. The number of anilines is 2. The number of nitriles is 1. The van der Waals surface area contributed by atoms with E-state index in [9.17, 15) is 10.1 Å². The van der Waals surface area contributed by atoms with Crippen LogP contribution in [0.15, 0.2) is 48.0 Å². The summed E-state index contributed by atoms with van der Waals surface area (Å²) in [5.41, 5.74) is 4.38. The molecule has 0 unspecified atom stereocenters. The Labute approximate surface area is 188 Å². The number of rotatable bonds is 5. The number of likely N-dealkylation sites (N-methyl/N-ethyl adjacent to an activating group) is 1. The van der Waals surface area contributed by atoms with Crippen LogP contribution in [0.2, 0.25) is 5.02 Å². The van der Waals surface area contributed by atoms with Crippen molar-refractivity contribution in [2.45, 2.75) is 33.2 Å². The molecule has 1 N–H and O–H groups in total. The fraction of sp³-hybridized carbons (Fsp3) is 0.280. The zero-order chi connectivity index (χ0) is 22.8. The maximum absolute atomic E-state index is 12.7. The minimum absolute atomic E-state index is 0.0154. The SMILES string of the molecule is CCN1c2cc(OC)c(/C=C(\C#N)C(=O)Nc3ccc(Cl)cc3)cc2C(C)=CC1(C)C. The van der Waals surface area contributed by atoms with Gasteiger partial charge in [-0.3, -0.25) is 4.79 Å². The summed E-state index contributed by atoms with van der Waals surface area (Å²) in [5, 5.41) is 12.9. The number of nitrogens with zero attached hydrogens (tertiary/aromatic N) is 2. The molecule has 0 radical (unpaired) electrons. The number of benzene rings is 2. The lowest BCUT2D eigenvalue weighted by Gasteiger charge is -2.43. The first-order valence-electron chi connectivity index (χ1n) is 10.1. The average molecular weight is 436 g/mol. The van der Waals surface area contributed by atoms with E-state index in [2.05, 4.69) is 44.0 Å². The molecule has 0 aliphatic carbocycles. The van der Waals surface area contributed by atoms with Crippen molar-refractivity contribution in [2.75, 3.05) is 23.9 Å². The first-order chi connectivity index (χ1) is 14.7. The molecule has 0 saturated carbocycles. The Hall–Kier alpha value is -3.23. The van der Waals surface area contributed by atoms with Crippen LogP contribution >= 0.6 is 11.6 Å². The van der Waals surface area contributed by atoms with E-state index in [1.54, 1.807) is 37.5 Å². The van der Waals surface area contributed by atoms with Gasteiger partial charge in [-0.1, -0.05) is 17.7 Å². The highest BCUT2D eigenvalue weighted by Gasteiger charge is 2.31.